The number of thioether (sulfide) groups is 2. The summed E-state index contributed by atoms with van der Waals surface area (Å²) in [5.41, 5.74) is 0.228. The quantitative estimate of drug-likeness (QED) is 0.732. The zero-order chi connectivity index (χ0) is 17.7. The molecule has 1 saturated heterocycles. The van der Waals surface area contributed by atoms with Crippen LogP contribution in [0.1, 0.15) is 37.6 Å². The summed E-state index contributed by atoms with van der Waals surface area (Å²) in [7, 11) is 1.60. The van der Waals surface area contributed by atoms with E-state index in [0.717, 1.165) is 23.7 Å². The van der Waals surface area contributed by atoms with E-state index in [1.165, 1.54) is 11.8 Å². The molecule has 0 aromatic heterocycles. The second-order valence-corrected chi connectivity index (χ2v) is 9.07. The summed E-state index contributed by atoms with van der Waals surface area (Å²) in [6, 6.07) is 7.13. The lowest BCUT2D eigenvalue weighted by molar-refractivity contribution is -0.159. The molecule has 0 bridgehead atoms. The molecule has 1 aliphatic heterocycles. The molecule has 1 fully saturated rings. The van der Waals surface area contributed by atoms with Crippen LogP contribution in [0, 0.1) is 5.92 Å². The zero-order valence-corrected chi connectivity index (χ0v) is 16.2. The van der Waals surface area contributed by atoms with Crippen LogP contribution in [-0.2, 0) is 9.53 Å². The van der Waals surface area contributed by atoms with Crippen molar-refractivity contribution < 1.29 is 19.1 Å². The summed E-state index contributed by atoms with van der Waals surface area (Å²) in [6.45, 7) is 5.65. The Bertz CT molecular complexity index is 578. The first-order valence-corrected chi connectivity index (χ1v) is 9.97. The van der Waals surface area contributed by atoms with Gasteiger partial charge in [-0.05, 0) is 51.5 Å². The Kier molecular flexibility index (Phi) is 6.63. The average molecular weight is 369 g/mol. The molecule has 0 saturated carbocycles. The molecule has 0 unspecified atom stereocenters. The van der Waals surface area contributed by atoms with E-state index in [-0.39, 0.29) is 17.0 Å². The number of hydrogen-bond donors (Lipinski definition) is 0. The molecule has 132 valence electrons. The largest absolute Gasteiger partial charge is 0.497 e. The Labute approximate surface area is 152 Å². The SMILES string of the molecule is COc1ccc(C(=O)SC[C@H]2C[C@H](C(=O)OC(C)(C)C)CS2)cc1. The minimum Gasteiger partial charge on any atom is -0.497 e. The van der Waals surface area contributed by atoms with Crippen molar-refractivity contribution in [2.75, 3.05) is 18.6 Å². The molecule has 2 rings (SSSR count). The van der Waals surface area contributed by atoms with Crippen LogP contribution < -0.4 is 4.74 Å². The summed E-state index contributed by atoms with van der Waals surface area (Å²) in [5, 5.41) is 0.369. The van der Waals surface area contributed by atoms with E-state index in [9.17, 15) is 9.59 Å². The van der Waals surface area contributed by atoms with Crippen LogP contribution >= 0.6 is 23.5 Å². The molecule has 0 aliphatic carbocycles. The van der Waals surface area contributed by atoms with Gasteiger partial charge in [0.15, 0.2) is 0 Å². The second kappa shape index (κ2) is 8.30. The van der Waals surface area contributed by atoms with Crippen LogP contribution in [0.5, 0.6) is 5.75 Å². The van der Waals surface area contributed by atoms with Crippen molar-refractivity contribution in [3.8, 4) is 5.75 Å². The molecule has 1 aromatic carbocycles. The topological polar surface area (TPSA) is 52.6 Å². The third-order valence-electron chi connectivity index (χ3n) is 3.55. The maximum atomic E-state index is 12.2. The van der Waals surface area contributed by atoms with Gasteiger partial charge in [0.2, 0.25) is 5.12 Å². The van der Waals surface area contributed by atoms with Gasteiger partial charge in [0, 0.05) is 22.3 Å². The molecule has 0 amide bonds. The number of carbonyl (C=O) groups excluding carboxylic acids is 2. The van der Waals surface area contributed by atoms with Crippen LogP contribution in [0.25, 0.3) is 0 Å². The molecular formula is C18H24O4S2. The van der Waals surface area contributed by atoms with Crippen molar-refractivity contribution >= 4 is 34.6 Å². The fraction of sp³-hybridized carbons (Fsp3) is 0.556. The lowest BCUT2D eigenvalue weighted by atomic mass is 10.1. The molecule has 4 nitrogen and oxygen atoms in total. The fourth-order valence-electron chi connectivity index (χ4n) is 2.35. The third-order valence-corrected chi connectivity index (χ3v) is 6.25. The van der Waals surface area contributed by atoms with Gasteiger partial charge < -0.3 is 9.47 Å². The Balaban J connectivity index is 1.78. The van der Waals surface area contributed by atoms with E-state index in [4.69, 9.17) is 9.47 Å². The van der Waals surface area contributed by atoms with Gasteiger partial charge in [-0.15, -0.1) is 0 Å². The highest BCUT2D eigenvalue weighted by Crippen LogP contribution is 2.35. The van der Waals surface area contributed by atoms with Gasteiger partial charge >= 0.3 is 5.97 Å². The standard InChI is InChI=1S/C18H24O4S2/c1-18(2,3)22-16(19)13-9-15(23-10-13)11-24-17(20)12-5-7-14(21-4)8-6-12/h5-8,13,15H,9-11H2,1-4H3/t13-,15+/m0/s1. The summed E-state index contributed by atoms with van der Waals surface area (Å²) in [5.74, 6) is 2.05. The van der Waals surface area contributed by atoms with E-state index >= 15 is 0 Å². The Morgan fingerprint density at radius 1 is 1.25 bits per heavy atom. The molecular weight excluding hydrogens is 344 g/mol. The van der Waals surface area contributed by atoms with Gasteiger partial charge in [-0.2, -0.15) is 11.8 Å². The fourth-order valence-corrected chi connectivity index (χ4v) is 4.86. The van der Waals surface area contributed by atoms with E-state index in [1.54, 1.807) is 43.1 Å². The summed E-state index contributed by atoms with van der Waals surface area (Å²) in [6.07, 6.45) is 0.780. The van der Waals surface area contributed by atoms with E-state index in [0.29, 0.717) is 10.8 Å². The van der Waals surface area contributed by atoms with Gasteiger partial charge in [0.25, 0.3) is 0 Å². The minimum absolute atomic E-state index is 0.0546. The zero-order valence-electron chi connectivity index (χ0n) is 14.5. The molecule has 6 heteroatoms. The first-order valence-electron chi connectivity index (χ1n) is 7.94. The second-order valence-electron chi connectivity index (χ2n) is 6.75. The Hall–Kier alpha value is -1.14. The van der Waals surface area contributed by atoms with Crippen LogP contribution in [0.4, 0.5) is 0 Å². The maximum absolute atomic E-state index is 12.2. The number of rotatable bonds is 5. The predicted octanol–water partition coefficient (Wildman–Crippen LogP) is 4.03. The first kappa shape index (κ1) is 19.2. The number of hydrogen-bond acceptors (Lipinski definition) is 6. The molecule has 0 spiro atoms. The third kappa shape index (κ3) is 5.74. The molecule has 0 N–H and O–H groups in total. The van der Waals surface area contributed by atoms with Crippen molar-refractivity contribution in [2.24, 2.45) is 5.92 Å². The van der Waals surface area contributed by atoms with Crippen LogP contribution in [0.3, 0.4) is 0 Å². The monoisotopic (exact) mass is 368 g/mol. The van der Waals surface area contributed by atoms with Crippen LogP contribution in [0.15, 0.2) is 24.3 Å². The summed E-state index contributed by atoms with van der Waals surface area (Å²) >= 11 is 3.07. The smallest absolute Gasteiger partial charge is 0.310 e. The van der Waals surface area contributed by atoms with Crippen LogP contribution in [-0.4, -0.2) is 40.6 Å². The van der Waals surface area contributed by atoms with Gasteiger partial charge in [-0.1, -0.05) is 11.8 Å². The minimum atomic E-state index is -0.446. The molecule has 1 aromatic rings. The van der Waals surface area contributed by atoms with Crippen molar-refractivity contribution in [2.45, 2.75) is 38.0 Å². The van der Waals surface area contributed by atoms with Crippen molar-refractivity contribution in [1.82, 2.24) is 0 Å². The lowest BCUT2D eigenvalue weighted by Crippen LogP contribution is -2.29. The maximum Gasteiger partial charge on any atom is 0.310 e. The Morgan fingerprint density at radius 3 is 2.50 bits per heavy atom. The van der Waals surface area contributed by atoms with Gasteiger partial charge in [-0.3, -0.25) is 9.59 Å². The predicted molar refractivity (Wildman–Crippen MR) is 100.0 cm³/mol. The number of methoxy groups -OCH3 is 1. The highest BCUT2D eigenvalue weighted by molar-refractivity contribution is 8.15. The van der Waals surface area contributed by atoms with E-state index in [1.807, 2.05) is 20.8 Å². The molecule has 0 radical (unpaired) electrons. The number of esters is 1. The summed E-state index contributed by atoms with van der Waals surface area (Å²) < 4.78 is 10.5. The molecule has 1 aliphatic rings. The van der Waals surface area contributed by atoms with E-state index < -0.39 is 5.60 Å². The molecule has 1 heterocycles. The van der Waals surface area contributed by atoms with Crippen molar-refractivity contribution in [3.05, 3.63) is 29.8 Å². The number of benzene rings is 1. The van der Waals surface area contributed by atoms with Crippen LogP contribution in [0.2, 0.25) is 0 Å². The highest BCUT2D eigenvalue weighted by atomic mass is 32.2. The number of ether oxygens (including phenoxy) is 2. The van der Waals surface area contributed by atoms with E-state index in [2.05, 4.69) is 0 Å². The highest BCUT2D eigenvalue weighted by Gasteiger charge is 2.33. The molecule has 2 atom stereocenters. The summed E-state index contributed by atoms with van der Waals surface area (Å²) in [4.78, 5) is 24.3. The molecule has 24 heavy (non-hydrogen) atoms. The lowest BCUT2D eigenvalue weighted by Gasteiger charge is -2.21. The van der Waals surface area contributed by atoms with Crippen molar-refractivity contribution in [3.63, 3.8) is 0 Å². The number of carbonyl (C=O) groups is 2. The Morgan fingerprint density at radius 2 is 1.92 bits per heavy atom. The average Bonchev–Trinajstić information content (AvgIpc) is 3.00. The van der Waals surface area contributed by atoms with Gasteiger partial charge in [0.05, 0.1) is 13.0 Å². The van der Waals surface area contributed by atoms with Gasteiger partial charge in [-0.25, -0.2) is 0 Å². The van der Waals surface area contributed by atoms with Crippen molar-refractivity contribution in [1.29, 1.82) is 0 Å². The van der Waals surface area contributed by atoms with Gasteiger partial charge in [0.1, 0.15) is 11.4 Å². The first-order chi connectivity index (χ1) is 11.3. The normalized spacial score (nSPS) is 20.7.